The van der Waals surface area contributed by atoms with Crippen molar-refractivity contribution in [1.82, 2.24) is 25.0 Å². The lowest BCUT2D eigenvalue weighted by molar-refractivity contribution is 0.188. The molecule has 0 bridgehead atoms. The fourth-order valence-electron chi connectivity index (χ4n) is 3.67. The molecular weight excluding hydrogens is 326 g/mol. The Bertz CT molecular complexity index is 881. The molecule has 138 valence electrons. The van der Waals surface area contributed by atoms with Crippen molar-refractivity contribution in [2.24, 2.45) is 0 Å². The summed E-state index contributed by atoms with van der Waals surface area (Å²) in [6.45, 7) is 9.41. The van der Waals surface area contributed by atoms with Gasteiger partial charge in [-0.2, -0.15) is 4.98 Å². The summed E-state index contributed by atoms with van der Waals surface area (Å²) < 4.78 is 5.52. The van der Waals surface area contributed by atoms with Gasteiger partial charge in [-0.05, 0) is 44.0 Å². The van der Waals surface area contributed by atoms with Crippen molar-refractivity contribution in [2.45, 2.75) is 51.9 Å². The largest absolute Gasteiger partial charge is 0.342 e. The fourth-order valence-corrected chi connectivity index (χ4v) is 3.67. The number of hydrogen-bond donors (Lipinski definition) is 1. The van der Waals surface area contributed by atoms with Crippen LogP contribution in [0.1, 0.15) is 61.6 Å². The molecule has 1 fully saturated rings. The van der Waals surface area contributed by atoms with Crippen LogP contribution in [0, 0.1) is 6.92 Å². The molecule has 1 saturated heterocycles. The van der Waals surface area contributed by atoms with Gasteiger partial charge in [0, 0.05) is 25.4 Å². The first-order valence-electron chi connectivity index (χ1n) is 9.59. The lowest BCUT2D eigenvalue weighted by Crippen LogP contribution is -2.36. The summed E-state index contributed by atoms with van der Waals surface area (Å²) >= 11 is 0. The molecule has 6 heteroatoms. The van der Waals surface area contributed by atoms with Gasteiger partial charge in [0.1, 0.15) is 5.82 Å². The summed E-state index contributed by atoms with van der Waals surface area (Å²) in [5.74, 6) is 3.34. The highest BCUT2D eigenvalue weighted by atomic mass is 16.5. The summed E-state index contributed by atoms with van der Waals surface area (Å²) in [4.78, 5) is 15.3. The number of hydrogen-bond acceptors (Lipinski definition) is 5. The Morgan fingerprint density at radius 2 is 2.19 bits per heavy atom. The molecule has 4 rings (SSSR count). The van der Waals surface area contributed by atoms with Gasteiger partial charge >= 0.3 is 0 Å². The molecule has 0 saturated carbocycles. The zero-order valence-electron chi connectivity index (χ0n) is 15.8. The number of H-pyrrole nitrogens is 1. The summed E-state index contributed by atoms with van der Waals surface area (Å²) in [5, 5.41) is 4.12. The molecule has 1 aliphatic rings. The van der Waals surface area contributed by atoms with E-state index in [-0.39, 0.29) is 0 Å². The Morgan fingerprint density at radius 1 is 1.31 bits per heavy atom. The van der Waals surface area contributed by atoms with Crippen molar-refractivity contribution in [1.29, 1.82) is 0 Å². The molecule has 1 atom stereocenters. The van der Waals surface area contributed by atoms with Gasteiger partial charge in [0.05, 0.1) is 17.0 Å². The highest BCUT2D eigenvalue weighted by Crippen LogP contribution is 2.26. The van der Waals surface area contributed by atoms with Crippen molar-refractivity contribution in [3.63, 3.8) is 0 Å². The van der Waals surface area contributed by atoms with E-state index in [0.29, 0.717) is 11.8 Å². The predicted molar refractivity (Wildman–Crippen MR) is 101 cm³/mol. The van der Waals surface area contributed by atoms with Crippen molar-refractivity contribution in [2.75, 3.05) is 19.6 Å². The molecule has 0 amide bonds. The first-order chi connectivity index (χ1) is 12.6. The summed E-state index contributed by atoms with van der Waals surface area (Å²) in [6, 6.07) is 6.35. The number of nitrogens with zero attached hydrogens (tertiary/aromatic N) is 4. The van der Waals surface area contributed by atoms with Crippen LogP contribution >= 0.6 is 0 Å². The average Bonchev–Trinajstić information content (AvgIpc) is 3.27. The van der Waals surface area contributed by atoms with Gasteiger partial charge in [-0.1, -0.05) is 25.1 Å². The molecular formula is C20H27N5O. The van der Waals surface area contributed by atoms with E-state index in [1.165, 1.54) is 12.0 Å². The molecule has 2 aromatic heterocycles. The van der Waals surface area contributed by atoms with Crippen LogP contribution in [-0.4, -0.2) is 44.6 Å². The molecule has 0 spiro atoms. The van der Waals surface area contributed by atoms with E-state index < -0.39 is 0 Å². The highest BCUT2D eigenvalue weighted by Gasteiger charge is 2.26. The Labute approximate surface area is 154 Å². The maximum atomic E-state index is 5.52. The monoisotopic (exact) mass is 353 g/mol. The summed E-state index contributed by atoms with van der Waals surface area (Å²) in [5.41, 5.74) is 3.43. The van der Waals surface area contributed by atoms with Crippen LogP contribution in [0.4, 0.5) is 0 Å². The summed E-state index contributed by atoms with van der Waals surface area (Å²) in [7, 11) is 0. The Morgan fingerprint density at radius 3 is 3.00 bits per heavy atom. The lowest BCUT2D eigenvalue weighted by Gasteiger charge is -2.30. The number of nitrogens with one attached hydrogen (secondary N) is 1. The second-order valence-corrected chi connectivity index (χ2v) is 7.74. The molecule has 1 aliphatic heterocycles. The van der Waals surface area contributed by atoms with Gasteiger partial charge in [0.25, 0.3) is 0 Å². The summed E-state index contributed by atoms with van der Waals surface area (Å²) in [6.07, 6.45) is 3.23. The minimum Gasteiger partial charge on any atom is -0.342 e. The number of aromatic amines is 1. The third kappa shape index (κ3) is 3.65. The molecule has 1 aromatic carbocycles. The van der Waals surface area contributed by atoms with E-state index in [4.69, 9.17) is 9.51 Å². The van der Waals surface area contributed by atoms with Crippen LogP contribution in [0.5, 0.6) is 0 Å². The quantitative estimate of drug-likeness (QED) is 0.755. The van der Waals surface area contributed by atoms with Crippen LogP contribution in [0.25, 0.3) is 11.0 Å². The minimum atomic E-state index is 0.309. The predicted octanol–water partition coefficient (Wildman–Crippen LogP) is 3.80. The Balaban J connectivity index is 1.38. The molecule has 1 unspecified atom stereocenters. The van der Waals surface area contributed by atoms with Gasteiger partial charge in [0.15, 0.2) is 5.82 Å². The van der Waals surface area contributed by atoms with Crippen molar-refractivity contribution in [3.8, 4) is 0 Å². The van der Waals surface area contributed by atoms with E-state index in [2.05, 4.69) is 59.0 Å². The molecule has 3 heterocycles. The highest BCUT2D eigenvalue weighted by molar-refractivity contribution is 5.75. The normalized spacial score (nSPS) is 18.8. The van der Waals surface area contributed by atoms with Gasteiger partial charge in [0.2, 0.25) is 5.89 Å². The molecule has 26 heavy (non-hydrogen) atoms. The number of aromatic nitrogens is 4. The molecule has 1 N–H and O–H groups in total. The number of aryl methyl sites for hydroxylation is 1. The zero-order chi connectivity index (χ0) is 18.1. The van der Waals surface area contributed by atoms with Crippen molar-refractivity contribution < 1.29 is 4.52 Å². The van der Waals surface area contributed by atoms with Crippen molar-refractivity contribution >= 4 is 11.0 Å². The van der Waals surface area contributed by atoms with Crippen LogP contribution in [-0.2, 0) is 6.42 Å². The third-order valence-electron chi connectivity index (χ3n) is 5.18. The van der Waals surface area contributed by atoms with Crippen LogP contribution in [0.2, 0.25) is 0 Å². The lowest BCUT2D eigenvalue weighted by atomic mass is 9.98. The van der Waals surface area contributed by atoms with E-state index in [9.17, 15) is 0 Å². The maximum Gasteiger partial charge on any atom is 0.231 e. The Hall–Kier alpha value is -2.21. The number of benzene rings is 1. The van der Waals surface area contributed by atoms with Crippen molar-refractivity contribution in [3.05, 3.63) is 41.3 Å². The van der Waals surface area contributed by atoms with Crippen LogP contribution in [0.15, 0.2) is 22.7 Å². The zero-order valence-corrected chi connectivity index (χ0v) is 15.8. The average molecular weight is 353 g/mol. The van der Waals surface area contributed by atoms with E-state index in [0.717, 1.165) is 61.0 Å². The van der Waals surface area contributed by atoms with Gasteiger partial charge in [-0.15, -0.1) is 0 Å². The first kappa shape index (κ1) is 17.2. The third-order valence-corrected chi connectivity index (χ3v) is 5.18. The maximum absolute atomic E-state index is 5.52. The number of rotatable bonds is 5. The standard InChI is InChI=1S/C20H27N5O/c1-13(2)19-23-20(26-24-19)15-5-4-9-25(12-15)10-8-18-21-16-7-6-14(3)11-17(16)22-18/h6-7,11,13,15H,4-5,8-10,12H2,1-3H3,(H,21,22). The Kier molecular flexibility index (Phi) is 4.76. The van der Waals surface area contributed by atoms with Gasteiger partial charge < -0.3 is 14.4 Å². The molecule has 0 aliphatic carbocycles. The molecule has 0 radical (unpaired) electrons. The number of fused-ring (bicyclic) bond motifs is 1. The number of imidazole rings is 1. The minimum absolute atomic E-state index is 0.309. The van der Waals surface area contributed by atoms with E-state index in [1.807, 2.05) is 0 Å². The van der Waals surface area contributed by atoms with Crippen LogP contribution in [0.3, 0.4) is 0 Å². The number of likely N-dealkylation sites (tertiary alicyclic amines) is 1. The SMILES string of the molecule is Cc1ccc2nc(CCN3CCCC(c4nc(C(C)C)no4)C3)[nH]c2c1. The van der Waals surface area contributed by atoms with Gasteiger partial charge in [-0.25, -0.2) is 4.98 Å². The second kappa shape index (κ2) is 7.19. The number of piperidine rings is 1. The van der Waals surface area contributed by atoms with Crippen LogP contribution < -0.4 is 0 Å². The topological polar surface area (TPSA) is 70.8 Å². The van der Waals surface area contributed by atoms with E-state index >= 15 is 0 Å². The van der Waals surface area contributed by atoms with E-state index in [1.54, 1.807) is 0 Å². The molecule has 6 nitrogen and oxygen atoms in total. The first-order valence-corrected chi connectivity index (χ1v) is 9.59. The molecule has 3 aromatic rings. The fraction of sp³-hybridized carbons (Fsp3) is 0.550. The smallest absolute Gasteiger partial charge is 0.231 e. The second-order valence-electron chi connectivity index (χ2n) is 7.74. The van der Waals surface area contributed by atoms with Gasteiger partial charge in [-0.3, -0.25) is 0 Å².